The summed E-state index contributed by atoms with van der Waals surface area (Å²) in [5, 5.41) is 21.4. The van der Waals surface area contributed by atoms with Crippen LogP contribution >= 0.6 is 0 Å². The van der Waals surface area contributed by atoms with Crippen molar-refractivity contribution in [1.29, 1.82) is 5.26 Å². The zero-order valence-corrected chi connectivity index (χ0v) is 12.6. The molecule has 1 saturated heterocycles. The van der Waals surface area contributed by atoms with Crippen LogP contribution in [0.1, 0.15) is 32.4 Å². The van der Waals surface area contributed by atoms with Gasteiger partial charge in [0.15, 0.2) is 5.69 Å². The number of aromatic nitrogens is 2. The van der Waals surface area contributed by atoms with Crippen molar-refractivity contribution in [2.24, 2.45) is 0 Å². The van der Waals surface area contributed by atoms with E-state index in [-0.39, 0.29) is 17.6 Å². The topological polar surface area (TPSA) is 81.9 Å². The highest BCUT2D eigenvalue weighted by Gasteiger charge is 2.22. The van der Waals surface area contributed by atoms with Gasteiger partial charge in [-0.15, -0.1) is 10.2 Å². The lowest BCUT2D eigenvalue weighted by atomic mass is 10.1. The van der Waals surface area contributed by atoms with E-state index in [0.29, 0.717) is 17.6 Å². The minimum Gasteiger partial charge on any atom is -0.380 e. The molecule has 0 atom stereocenters. The Labute approximate surface area is 128 Å². The number of fused-ring (bicyclic) bond motifs is 1. The fraction of sp³-hybridized carbons (Fsp3) is 0.375. The van der Waals surface area contributed by atoms with Crippen LogP contribution in [0, 0.1) is 11.3 Å². The molecule has 1 N–H and O–H groups in total. The van der Waals surface area contributed by atoms with Crippen molar-refractivity contribution in [3.8, 4) is 6.07 Å². The number of carbonyl (C=O) groups is 1. The zero-order chi connectivity index (χ0) is 15.7. The molecule has 22 heavy (non-hydrogen) atoms. The van der Waals surface area contributed by atoms with E-state index in [1.54, 1.807) is 4.90 Å². The Hall–Kier alpha value is -2.68. The van der Waals surface area contributed by atoms with Crippen LogP contribution in [0.2, 0.25) is 0 Å². The van der Waals surface area contributed by atoms with E-state index in [1.807, 2.05) is 32.0 Å². The quantitative estimate of drug-likeness (QED) is 0.940. The zero-order valence-electron chi connectivity index (χ0n) is 12.6. The summed E-state index contributed by atoms with van der Waals surface area (Å²) in [4.78, 5) is 13.6. The molecule has 2 heterocycles. The van der Waals surface area contributed by atoms with Crippen LogP contribution in [-0.4, -0.2) is 28.7 Å². The molecule has 3 rings (SSSR count). The predicted octanol–water partition coefficient (Wildman–Crippen LogP) is 2.45. The average Bonchev–Trinajstić information content (AvgIpc) is 2.92. The smallest absolute Gasteiger partial charge is 0.227 e. The second-order valence-corrected chi connectivity index (χ2v) is 5.68. The van der Waals surface area contributed by atoms with Gasteiger partial charge in [0.1, 0.15) is 6.07 Å². The van der Waals surface area contributed by atoms with E-state index in [4.69, 9.17) is 0 Å². The molecule has 0 aliphatic carbocycles. The molecule has 1 aliphatic rings. The molecule has 1 fully saturated rings. The molecule has 1 amide bonds. The summed E-state index contributed by atoms with van der Waals surface area (Å²) >= 11 is 0. The number of anilines is 2. The fourth-order valence-electron chi connectivity index (χ4n) is 2.70. The van der Waals surface area contributed by atoms with Crippen LogP contribution in [0.25, 0.3) is 10.9 Å². The first kappa shape index (κ1) is 14.3. The maximum atomic E-state index is 11.9. The summed E-state index contributed by atoms with van der Waals surface area (Å²) in [5.74, 6) is 0.140. The highest BCUT2D eigenvalue weighted by atomic mass is 16.2. The van der Waals surface area contributed by atoms with Crippen LogP contribution in [-0.2, 0) is 4.79 Å². The Bertz CT molecular complexity index is 778. The second-order valence-electron chi connectivity index (χ2n) is 5.68. The van der Waals surface area contributed by atoms with Crippen molar-refractivity contribution in [2.75, 3.05) is 16.8 Å². The molecule has 6 heteroatoms. The highest BCUT2D eigenvalue weighted by molar-refractivity contribution is 6.00. The largest absolute Gasteiger partial charge is 0.380 e. The van der Waals surface area contributed by atoms with Crippen molar-refractivity contribution in [2.45, 2.75) is 32.7 Å². The first-order valence-corrected chi connectivity index (χ1v) is 7.37. The molecule has 1 aromatic carbocycles. The predicted molar refractivity (Wildman–Crippen MR) is 84.6 cm³/mol. The maximum absolute atomic E-state index is 11.9. The fourth-order valence-corrected chi connectivity index (χ4v) is 2.70. The summed E-state index contributed by atoms with van der Waals surface area (Å²) in [7, 11) is 0. The van der Waals surface area contributed by atoms with Gasteiger partial charge in [0.2, 0.25) is 5.91 Å². The van der Waals surface area contributed by atoms with Gasteiger partial charge in [0.25, 0.3) is 0 Å². The third-order valence-corrected chi connectivity index (χ3v) is 3.67. The highest BCUT2D eigenvalue weighted by Crippen LogP contribution is 2.29. The standard InChI is InChI=1S/C16H17N5O/c1-10(2)18-16-12-6-5-11(21-7-3-4-15(21)22)8-13(12)19-20-14(16)9-17/h5-6,8,10H,3-4,7H2,1-2H3,(H,18,19). The molecule has 0 unspecified atom stereocenters. The number of amides is 1. The van der Waals surface area contributed by atoms with Crippen LogP contribution in [0.5, 0.6) is 0 Å². The molecule has 1 aromatic heterocycles. The Balaban J connectivity index is 2.10. The van der Waals surface area contributed by atoms with Gasteiger partial charge in [-0.05, 0) is 38.5 Å². The summed E-state index contributed by atoms with van der Waals surface area (Å²) in [5.41, 5.74) is 2.50. The lowest BCUT2D eigenvalue weighted by Gasteiger charge is -2.17. The van der Waals surface area contributed by atoms with Gasteiger partial charge in [-0.25, -0.2) is 0 Å². The van der Waals surface area contributed by atoms with Crippen LogP contribution < -0.4 is 10.2 Å². The van der Waals surface area contributed by atoms with E-state index in [2.05, 4.69) is 21.6 Å². The van der Waals surface area contributed by atoms with Crippen LogP contribution in [0.4, 0.5) is 11.4 Å². The molecular formula is C16H17N5O. The van der Waals surface area contributed by atoms with Crippen molar-refractivity contribution in [3.05, 3.63) is 23.9 Å². The SMILES string of the molecule is CC(C)Nc1c(C#N)nnc2cc(N3CCCC3=O)ccc12. The normalized spacial score (nSPS) is 14.6. The van der Waals surface area contributed by atoms with Gasteiger partial charge in [0, 0.05) is 30.1 Å². The third kappa shape index (κ3) is 2.46. The van der Waals surface area contributed by atoms with E-state index in [9.17, 15) is 10.1 Å². The number of benzene rings is 1. The van der Waals surface area contributed by atoms with E-state index in [1.165, 1.54) is 0 Å². The summed E-state index contributed by atoms with van der Waals surface area (Å²) < 4.78 is 0. The number of hydrogen-bond donors (Lipinski definition) is 1. The number of nitrogens with one attached hydrogen (secondary N) is 1. The van der Waals surface area contributed by atoms with Gasteiger partial charge in [-0.2, -0.15) is 5.26 Å². The van der Waals surface area contributed by atoms with Gasteiger partial charge >= 0.3 is 0 Å². The first-order valence-electron chi connectivity index (χ1n) is 7.37. The monoisotopic (exact) mass is 295 g/mol. The molecule has 0 spiro atoms. The molecule has 112 valence electrons. The van der Waals surface area contributed by atoms with Crippen molar-refractivity contribution < 1.29 is 4.79 Å². The number of nitrogens with zero attached hydrogens (tertiary/aromatic N) is 4. The Morgan fingerprint density at radius 1 is 1.36 bits per heavy atom. The Kier molecular flexibility index (Phi) is 3.63. The number of hydrogen-bond acceptors (Lipinski definition) is 5. The Morgan fingerprint density at radius 3 is 2.82 bits per heavy atom. The molecule has 0 radical (unpaired) electrons. The number of nitriles is 1. The summed E-state index contributed by atoms with van der Waals surface area (Å²) in [6.45, 7) is 4.75. The average molecular weight is 295 g/mol. The minimum atomic E-state index is 0.140. The van der Waals surface area contributed by atoms with Gasteiger partial charge < -0.3 is 10.2 Å². The van der Waals surface area contributed by atoms with Crippen LogP contribution in [0.3, 0.4) is 0 Å². The lowest BCUT2D eigenvalue weighted by molar-refractivity contribution is -0.117. The van der Waals surface area contributed by atoms with Gasteiger partial charge in [-0.3, -0.25) is 4.79 Å². The van der Waals surface area contributed by atoms with Crippen molar-refractivity contribution in [1.82, 2.24) is 10.2 Å². The lowest BCUT2D eigenvalue weighted by Crippen LogP contribution is -2.23. The summed E-state index contributed by atoms with van der Waals surface area (Å²) in [6, 6.07) is 7.91. The van der Waals surface area contributed by atoms with Crippen LogP contribution in [0.15, 0.2) is 18.2 Å². The molecule has 1 aliphatic heterocycles. The first-order chi connectivity index (χ1) is 10.6. The van der Waals surface area contributed by atoms with E-state index < -0.39 is 0 Å². The molecular weight excluding hydrogens is 278 g/mol. The van der Waals surface area contributed by atoms with Gasteiger partial charge in [0.05, 0.1) is 11.2 Å². The molecule has 2 aromatic rings. The van der Waals surface area contributed by atoms with Crippen molar-refractivity contribution in [3.63, 3.8) is 0 Å². The molecule has 0 saturated carbocycles. The second kappa shape index (κ2) is 5.60. The molecule has 6 nitrogen and oxygen atoms in total. The third-order valence-electron chi connectivity index (χ3n) is 3.67. The number of carbonyl (C=O) groups excluding carboxylic acids is 1. The van der Waals surface area contributed by atoms with E-state index >= 15 is 0 Å². The maximum Gasteiger partial charge on any atom is 0.227 e. The minimum absolute atomic E-state index is 0.140. The summed E-state index contributed by atoms with van der Waals surface area (Å²) in [6.07, 6.45) is 1.48. The van der Waals surface area contributed by atoms with Gasteiger partial charge in [-0.1, -0.05) is 0 Å². The Morgan fingerprint density at radius 2 is 2.18 bits per heavy atom. The van der Waals surface area contributed by atoms with E-state index in [0.717, 1.165) is 24.0 Å². The molecule has 0 bridgehead atoms. The van der Waals surface area contributed by atoms with Crippen molar-refractivity contribution >= 4 is 28.2 Å². The number of rotatable bonds is 3.